The number of hydrogen-bond acceptors (Lipinski definition) is 3. The van der Waals surface area contributed by atoms with Crippen molar-refractivity contribution in [3.63, 3.8) is 0 Å². The molecule has 5 nitrogen and oxygen atoms in total. The zero-order chi connectivity index (χ0) is 13.3. The van der Waals surface area contributed by atoms with Crippen molar-refractivity contribution in [1.82, 2.24) is 10.2 Å². The predicted octanol–water partition coefficient (Wildman–Crippen LogP) is 1.98. The Bertz CT molecular complexity index is 562. The molecule has 98 valence electrons. The van der Waals surface area contributed by atoms with Crippen LogP contribution in [0.25, 0.3) is 0 Å². The molecule has 0 radical (unpaired) electrons. The van der Waals surface area contributed by atoms with Crippen LogP contribution < -0.4 is 9.64 Å². The van der Waals surface area contributed by atoms with E-state index in [1.165, 1.54) is 0 Å². The summed E-state index contributed by atoms with van der Waals surface area (Å²) < 4.78 is 5.87. The Hall–Kier alpha value is -2.30. The summed E-state index contributed by atoms with van der Waals surface area (Å²) in [5, 5.41) is 6.55. The highest BCUT2D eigenvalue weighted by Gasteiger charge is 2.54. The Morgan fingerprint density at radius 1 is 1.37 bits per heavy atom. The van der Waals surface area contributed by atoms with Crippen molar-refractivity contribution in [2.75, 3.05) is 11.9 Å². The fourth-order valence-corrected chi connectivity index (χ4v) is 2.04. The third-order valence-corrected chi connectivity index (χ3v) is 3.33. The van der Waals surface area contributed by atoms with Crippen molar-refractivity contribution >= 4 is 11.6 Å². The van der Waals surface area contributed by atoms with E-state index >= 15 is 0 Å². The summed E-state index contributed by atoms with van der Waals surface area (Å²) in [5.74, 6) is 0.701. The van der Waals surface area contributed by atoms with Gasteiger partial charge in [0.2, 0.25) is 0 Å². The number of likely N-dealkylation sites (N-methyl/N-ethyl adjacent to an activating group) is 1. The lowest BCUT2D eigenvalue weighted by atomic mass is 10.2. The summed E-state index contributed by atoms with van der Waals surface area (Å²) in [4.78, 5) is 14.1. The zero-order valence-electron chi connectivity index (χ0n) is 10.7. The van der Waals surface area contributed by atoms with E-state index in [0.29, 0.717) is 0 Å². The Kier molecular flexibility index (Phi) is 2.74. The topological polar surface area (TPSA) is 58.2 Å². The number of benzene rings is 1. The minimum atomic E-state index is -0.701. The largest absolute Gasteiger partial charge is 0.477 e. The van der Waals surface area contributed by atoms with Gasteiger partial charge >= 0.3 is 0 Å². The third kappa shape index (κ3) is 2.19. The lowest BCUT2D eigenvalue weighted by Crippen LogP contribution is -2.41. The van der Waals surface area contributed by atoms with E-state index in [9.17, 15) is 4.79 Å². The molecule has 3 rings (SSSR count). The number of carbonyl (C=O) groups excluding carboxylic acids is 1. The first-order valence-electron chi connectivity index (χ1n) is 6.22. The standard InChI is InChI=1S/C14H15N3O2/c1-17(11-9-15-16-10-11)13(18)14(7-8-14)19-12-5-3-2-4-6-12/h2-6,9-10H,7-8H2,1H3,(H,15,16). The molecule has 1 aromatic heterocycles. The van der Waals surface area contributed by atoms with Crippen molar-refractivity contribution in [2.45, 2.75) is 18.4 Å². The van der Waals surface area contributed by atoms with Gasteiger partial charge in [0.25, 0.3) is 5.91 Å². The number of H-pyrrole nitrogens is 1. The van der Waals surface area contributed by atoms with E-state index in [2.05, 4.69) is 10.2 Å². The van der Waals surface area contributed by atoms with Crippen LogP contribution in [0.1, 0.15) is 12.8 Å². The first kappa shape index (κ1) is 11.8. The van der Waals surface area contributed by atoms with Gasteiger partial charge in [-0.3, -0.25) is 9.89 Å². The number of hydrogen-bond donors (Lipinski definition) is 1. The van der Waals surface area contributed by atoms with E-state index in [1.807, 2.05) is 30.3 Å². The molecular formula is C14H15N3O2. The van der Waals surface area contributed by atoms with Crippen molar-refractivity contribution in [3.8, 4) is 5.75 Å². The number of para-hydroxylation sites is 1. The number of amides is 1. The second-order valence-corrected chi connectivity index (χ2v) is 4.73. The van der Waals surface area contributed by atoms with E-state index in [-0.39, 0.29) is 5.91 Å². The number of nitrogens with one attached hydrogen (secondary N) is 1. The summed E-state index contributed by atoms with van der Waals surface area (Å²) in [6.07, 6.45) is 4.82. The van der Waals surface area contributed by atoms with Gasteiger partial charge in [-0.1, -0.05) is 18.2 Å². The molecule has 1 amide bonds. The molecule has 19 heavy (non-hydrogen) atoms. The maximum absolute atomic E-state index is 12.5. The molecule has 0 spiro atoms. The monoisotopic (exact) mass is 257 g/mol. The average Bonchev–Trinajstić information content (AvgIpc) is 3.02. The molecule has 1 fully saturated rings. The summed E-state index contributed by atoms with van der Waals surface area (Å²) in [6.45, 7) is 0. The molecule has 0 unspecified atom stereocenters. The van der Waals surface area contributed by atoms with Crippen LogP contribution in [0, 0.1) is 0 Å². The quantitative estimate of drug-likeness (QED) is 0.911. The highest BCUT2D eigenvalue weighted by atomic mass is 16.5. The molecule has 1 aliphatic rings. The summed E-state index contributed by atoms with van der Waals surface area (Å²) >= 11 is 0. The number of nitrogens with zero attached hydrogens (tertiary/aromatic N) is 2. The molecule has 1 saturated carbocycles. The fourth-order valence-electron chi connectivity index (χ4n) is 2.04. The Labute approximate surface area is 111 Å². The van der Waals surface area contributed by atoms with Gasteiger partial charge in [-0.05, 0) is 12.1 Å². The van der Waals surface area contributed by atoms with Gasteiger partial charge in [0.15, 0.2) is 5.60 Å². The number of aromatic nitrogens is 2. The number of aromatic amines is 1. The average molecular weight is 257 g/mol. The molecule has 0 saturated heterocycles. The van der Waals surface area contributed by atoms with Crippen LogP contribution in [-0.4, -0.2) is 28.8 Å². The molecule has 1 N–H and O–H groups in total. The van der Waals surface area contributed by atoms with Crippen LogP contribution in [0.4, 0.5) is 5.69 Å². The fraction of sp³-hybridized carbons (Fsp3) is 0.286. The molecule has 0 atom stereocenters. The van der Waals surface area contributed by atoms with E-state index < -0.39 is 5.60 Å². The number of rotatable bonds is 4. The molecular weight excluding hydrogens is 242 g/mol. The molecule has 1 aromatic carbocycles. The summed E-state index contributed by atoms with van der Waals surface area (Å²) in [5.41, 5.74) is 0.0424. The number of carbonyl (C=O) groups is 1. The van der Waals surface area contributed by atoms with Crippen molar-refractivity contribution < 1.29 is 9.53 Å². The highest BCUT2D eigenvalue weighted by Crippen LogP contribution is 2.42. The maximum atomic E-state index is 12.5. The van der Waals surface area contributed by atoms with Gasteiger partial charge in [0.05, 0.1) is 11.9 Å². The van der Waals surface area contributed by atoms with Crippen LogP contribution >= 0.6 is 0 Å². The van der Waals surface area contributed by atoms with Crippen molar-refractivity contribution in [1.29, 1.82) is 0 Å². The lowest BCUT2D eigenvalue weighted by molar-refractivity contribution is -0.126. The normalized spacial score (nSPS) is 15.8. The van der Waals surface area contributed by atoms with Crippen LogP contribution in [0.2, 0.25) is 0 Å². The molecule has 0 aliphatic heterocycles. The molecule has 2 aromatic rings. The number of ether oxygens (including phenoxy) is 1. The SMILES string of the molecule is CN(C(=O)C1(Oc2ccccc2)CC1)c1cn[nH]c1. The van der Waals surface area contributed by atoms with E-state index in [0.717, 1.165) is 24.3 Å². The maximum Gasteiger partial charge on any atom is 0.271 e. The Morgan fingerprint density at radius 3 is 2.68 bits per heavy atom. The van der Waals surface area contributed by atoms with Gasteiger partial charge in [-0.2, -0.15) is 5.10 Å². The van der Waals surface area contributed by atoms with E-state index in [4.69, 9.17) is 4.74 Å². The summed E-state index contributed by atoms with van der Waals surface area (Å²) in [7, 11) is 1.74. The van der Waals surface area contributed by atoms with Gasteiger partial charge < -0.3 is 9.64 Å². The molecule has 1 heterocycles. The minimum Gasteiger partial charge on any atom is -0.477 e. The second-order valence-electron chi connectivity index (χ2n) is 4.73. The molecule has 0 bridgehead atoms. The van der Waals surface area contributed by atoms with Gasteiger partial charge in [0, 0.05) is 26.1 Å². The lowest BCUT2D eigenvalue weighted by Gasteiger charge is -2.23. The second kappa shape index (κ2) is 4.42. The van der Waals surface area contributed by atoms with Crippen LogP contribution in [-0.2, 0) is 4.79 Å². The molecule has 1 aliphatic carbocycles. The van der Waals surface area contributed by atoms with Crippen LogP contribution in [0.15, 0.2) is 42.7 Å². The van der Waals surface area contributed by atoms with Crippen LogP contribution in [0.5, 0.6) is 5.75 Å². The predicted molar refractivity (Wildman–Crippen MR) is 71.0 cm³/mol. The minimum absolute atomic E-state index is 0.0299. The Balaban J connectivity index is 1.76. The van der Waals surface area contributed by atoms with Crippen LogP contribution in [0.3, 0.4) is 0 Å². The Morgan fingerprint density at radius 2 is 2.11 bits per heavy atom. The van der Waals surface area contributed by atoms with Gasteiger partial charge in [-0.25, -0.2) is 0 Å². The summed E-state index contributed by atoms with van der Waals surface area (Å²) in [6, 6.07) is 9.45. The highest BCUT2D eigenvalue weighted by molar-refractivity contribution is 6.01. The van der Waals surface area contributed by atoms with Crippen molar-refractivity contribution in [2.24, 2.45) is 0 Å². The van der Waals surface area contributed by atoms with Crippen molar-refractivity contribution in [3.05, 3.63) is 42.7 Å². The van der Waals surface area contributed by atoms with Gasteiger partial charge in [-0.15, -0.1) is 0 Å². The first-order valence-corrected chi connectivity index (χ1v) is 6.22. The zero-order valence-corrected chi connectivity index (χ0v) is 10.7. The third-order valence-electron chi connectivity index (χ3n) is 3.33. The molecule has 5 heteroatoms. The van der Waals surface area contributed by atoms with Gasteiger partial charge in [0.1, 0.15) is 5.75 Å². The number of anilines is 1. The van der Waals surface area contributed by atoms with E-state index in [1.54, 1.807) is 24.3 Å². The smallest absolute Gasteiger partial charge is 0.271 e. The first-order chi connectivity index (χ1) is 9.21.